The summed E-state index contributed by atoms with van der Waals surface area (Å²) in [5, 5.41) is 0. The molecule has 0 aromatic carbocycles. The molecule has 1 nitrogen and oxygen atoms in total. The third kappa shape index (κ3) is 2.44. The summed E-state index contributed by atoms with van der Waals surface area (Å²) in [5.74, 6) is 0. The van der Waals surface area contributed by atoms with E-state index in [1.165, 1.54) is 38.5 Å². The summed E-state index contributed by atoms with van der Waals surface area (Å²) in [6, 6.07) is 0.432. The molecular formula is C12H19N. The standard InChI is InChI=1S/C12H19N/c13-12-7-3-6-11(9-12)8-10-4-1-2-5-10/h4,8,12H,1-3,5-7,9,13H2/b11-8+. The van der Waals surface area contributed by atoms with Crippen molar-refractivity contribution in [2.24, 2.45) is 5.73 Å². The summed E-state index contributed by atoms with van der Waals surface area (Å²) in [6.07, 6.45) is 13.6. The van der Waals surface area contributed by atoms with Crippen molar-refractivity contribution in [2.45, 2.75) is 51.0 Å². The highest BCUT2D eigenvalue weighted by atomic mass is 14.6. The molecule has 72 valence electrons. The SMILES string of the molecule is NC1CCC/C(=C\C2=CCCC2)C1. The van der Waals surface area contributed by atoms with E-state index in [9.17, 15) is 0 Å². The molecular weight excluding hydrogens is 158 g/mol. The Bertz CT molecular complexity index is 238. The van der Waals surface area contributed by atoms with Gasteiger partial charge >= 0.3 is 0 Å². The quantitative estimate of drug-likeness (QED) is 0.654. The van der Waals surface area contributed by atoms with Crippen molar-refractivity contribution in [3.8, 4) is 0 Å². The van der Waals surface area contributed by atoms with E-state index in [1.807, 2.05) is 0 Å². The number of nitrogens with two attached hydrogens (primary N) is 1. The van der Waals surface area contributed by atoms with Gasteiger partial charge in [0.15, 0.2) is 0 Å². The highest BCUT2D eigenvalue weighted by molar-refractivity contribution is 5.27. The molecule has 1 fully saturated rings. The normalized spacial score (nSPS) is 32.2. The second-order valence-electron chi connectivity index (χ2n) is 4.33. The molecule has 0 aromatic rings. The van der Waals surface area contributed by atoms with Gasteiger partial charge in [0.2, 0.25) is 0 Å². The predicted molar refractivity (Wildman–Crippen MR) is 56.5 cm³/mol. The minimum atomic E-state index is 0.432. The van der Waals surface area contributed by atoms with Crippen molar-refractivity contribution in [3.63, 3.8) is 0 Å². The van der Waals surface area contributed by atoms with Crippen LogP contribution in [0.4, 0.5) is 0 Å². The topological polar surface area (TPSA) is 26.0 Å². The maximum Gasteiger partial charge on any atom is 0.00763 e. The smallest absolute Gasteiger partial charge is 0.00763 e. The van der Waals surface area contributed by atoms with E-state index in [0.29, 0.717) is 6.04 Å². The van der Waals surface area contributed by atoms with E-state index in [4.69, 9.17) is 5.73 Å². The van der Waals surface area contributed by atoms with Crippen LogP contribution in [0.2, 0.25) is 0 Å². The lowest BCUT2D eigenvalue weighted by molar-refractivity contribution is 0.517. The maximum absolute atomic E-state index is 5.94. The Hall–Kier alpha value is -0.560. The third-order valence-corrected chi connectivity index (χ3v) is 3.06. The van der Waals surface area contributed by atoms with Crippen LogP contribution in [0.3, 0.4) is 0 Å². The summed E-state index contributed by atoms with van der Waals surface area (Å²) in [5.41, 5.74) is 9.09. The highest BCUT2D eigenvalue weighted by Crippen LogP contribution is 2.26. The first-order valence-corrected chi connectivity index (χ1v) is 5.48. The van der Waals surface area contributed by atoms with Gasteiger partial charge in [0.05, 0.1) is 0 Å². The van der Waals surface area contributed by atoms with Gasteiger partial charge in [-0.1, -0.05) is 23.3 Å². The van der Waals surface area contributed by atoms with Gasteiger partial charge < -0.3 is 5.73 Å². The third-order valence-electron chi connectivity index (χ3n) is 3.06. The van der Waals surface area contributed by atoms with Crippen LogP contribution in [-0.4, -0.2) is 6.04 Å². The van der Waals surface area contributed by atoms with Gasteiger partial charge in [-0.2, -0.15) is 0 Å². The van der Waals surface area contributed by atoms with E-state index < -0.39 is 0 Å². The van der Waals surface area contributed by atoms with Crippen molar-refractivity contribution >= 4 is 0 Å². The molecule has 1 saturated carbocycles. The highest BCUT2D eigenvalue weighted by Gasteiger charge is 2.13. The van der Waals surface area contributed by atoms with Crippen LogP contribution in [0, 0.1) is 0 Å². The van der Waals surface area contributed by atoms with Crippen LogP contribution in [0.15, 0.2) is 23.3 Å². The molecule has 0 spiro atoms. The zero-order valence-electron chi connectivity index (χ0n) is 8.26. The maximum atomic E-state index is 5.94. The van der Waals surface area contributed by atoms with E-state index in [2.05, 4.69) is 12.2 Å². The van der Waals surface area contributed by atoms with E-state index in [1.54, 1.807) is 11.1 Å². The minimum Gasteiger partial charge on any atom is -0.327 e. The zero-order valence-corrected chi connectivity index (χ0v) is 8.26. The van der Waals surface area contributed by atoms with Crippen molar-refractivity contribution in [1.82, 2.24) is 0 Å². The van der Waals surface area contributed by atoms with Crippen LogP contribution in [0.5, 0.6) is 0 Å². The van der Waals surface area contributed by atoms with Crippen LogP contribution < -0.4 is 5.73 Å². The molecule has 1 heteroatoms. The first-order chi connectivity index (χ1) is 6.34. The van der Waals surface area contributed by atoms with Gasteiger partial charge in [-0.05, 0) is 44.9 Å². The monoisotopic (exact) mass is 177 g/mol. The lowest BCUT2D eigenvalue weighted by Gasteiger charge is -2.20. The average molecular weight is 177 g/mol. The first kappa shape index (κ1) is 9.01. The number of hydrogen-bond donors (Lipinski definition) is 1. The molecule has 2 N–H and O–H groups in total. The summed E-state index contributed by atoms with van der Waals surface area (Å²) >= 11 is 0. The Morgan fingerprint density at radius 1 is 1.31 bits per heavy atom. The van der Waals surface area contributed by atoms with E-state index in [-0.39, 0.29) is 0 Å². The number of hydrogen-bond acceptors (Lipinski definition) is 1. The molecule has 0 aliphatic heterocycles. The Morgan fingerprint density at radius 2 is 2.23 bits per heavy atom. The largest absolute Gasteiger partial charge is 0.327 e. The first-order valence-electron chi connectivity index (χ1n) is 5.48. The molecule has 2 rings (SSSR count). The molecule has 0 saturated heterocycles. The lowest BCUT2D eigenvalue weighted by atomic mass is 9.90. The fraction of sp³-hybridized carbons (Fsp3) is 0.667. The van der Waals surface area contributed by atoms with Crippen molar-refractivity contribution < 1.29 is 0 Å². The predicted octanol–water partition coefficient (Wildman–Crippen LogP) is 2.92. The van der Waals surface area contributed by atoms with Crippen LogP contribution >= 0.6 is 0 Å². The van der Waals surface area contributed by atoms with Gasteiger partial charge in [0.1, 0.15) is 0 Å². The van der Waals surface area contributed by atoms with Crippen LogP contribution in [0.1, 0.15) is 44.9 Å². The van der Waals surface area contributed by atoms with Crippen LogP contribution in [0.25, 0.3) is 0 Å². The molecule has 2 aliphatic rings. The summed E-state index contributed by atoms with van der Waals surface area (Å²) < 4.78 is 0. The van der Waals surface area contributed by atoms with E-state index >= 15 is 0 Å². The molecule has 1 unspecified atom stereocenters. The molecule has 0 bridgehead atoms. The Morgan fingerprint density at radius 3 is 2.92 bits per heavy atom. The Balaban J connectivity index is 1.98. The van der Waals surface area contributed by atoms with E-state index in [0.717, 1.165) is 6.42 Å². The molecule has 0 heterocycles. The summed E-state index contributed by atoms with van der Waals surface area (Å²) in [7, 11) is 0. The second-order valence-corrected chi connectivity index (χ2v) is 4.33. The van der Waals surface area contributed by atoms with Gasteiger partial charge in [-0.3, -0.25) is 0 Å². The van der Waals surface area contributed by atoms with Crippen molar-refractivity contribution in [2.75, 3.05) is 0 Å². The van der Waals surface area contributed by atoms with Crippen molar-refractivity contribution in [3.05, 3.63) is 23.3 Å². The molecule has 2 aliphatic carbocycles. The molecule has 13 heavy (non-hydrogen) atoms. The summed E-state index contributed by atoms with van der Waals surface area (Å²) in [6.45, 7) is 0. The average Bonchev–Trinajstić information content (AvgIpc) is 2.57. The number of rotatable bonds is 1. The molecule has 0 radical (unpaired) electrons. The molecule has 0 amide bonds. The van der Waals surface area contributed by atoms with Crippen molar-refractivity contribution in [1.29, 1.82) is 0 Å². The minimum absolute atomic E-state index is 0.432. The second kappa shape index (κ2) is 4.10. The molecule has 0 aromatic heterocycles. The van der Waals surface area contributed by atoms with Gasteiger partial charge in [-0.25, -0.2) is 0 Å². The fourth-order valence-corrected chi connectivity index (χ4v) is 2.35. The van der Waals surface area contributed by atoms with Gasteiger partial charge in [0.25, 0.3) is 0 Å². The summed E-state index contributed by atoms with van der Waals surface area (Å²) in [4.78, 5) is 0. The fourth-order valence-electron chi connectivity index (χ4n) is 2.35. The Labute approximate surface area is 80.7 Å². The number of allylic oxidation sites excluding steroid dienone is 3. The van der Waals surface area contributed by atoms with Crippen LogP contribution in [-0.2, 0) is 0 Å². The Kier molecular flexibility index (Phi) is 2.84. The van der Waals surface area contributed by atoms with Gasteiger partial charge in [0, 0.05) is 6.04 Å². The zero-order chi connectivity index (χ0) is 9.10. The lowest BCUT2D eigenvalue weighted by Crippen LogP contribution is -2.23. The van der Waals surface area contributed by atoms with Gasteiger partial charge in [-0.15, -0.1) is 0 Å². The molecule has 1 atom stereocenters.